The van der Waals surface area contributed by atoms with Gasteiger partial charge in [0, 0.05) is 6.61 Å². The van der Waals surface area contributed by atoms with Crippen LogP contribution in [0.3, 0.4) is 0 Å². The number of aryl methyl sites for hydroxylation is 1. The molecule has 2 atom stereocenters. The van der Waals surface area contributed by atoms with Crippen LogP contribution in [0, 0.1) is 13.8 Å². The highest BCUT2D eigenvalue weighted by Crippen LogP contribution is 2.32. The monoisotopic (exact) mass is 235 g/mol. The van der Waals surface area contributed by atoms with E-state index < -0.39 is 0 Å². The fourth-order valence-corrected chi connectivity index (χ4v) is 2.18. The Kier molecular flexibility index (Phi) is 4.72. The number of hydrogen-bond donors (Lipinski definition) is 1. The third-order valence-electron chi connectivity index (χ3n) is 3.82. The summed E-state index contributed by atoms with van der Waals surface area (Å²) in [5, 5.41) is 0. The molecule has 0 aromatic heterocycles. The van der Waals surface area contributed by atoms with E-state index in [1.807, 2.05) is 6.92 Å². The Morgan fingerprint density at radius 1 is 1.29 bits per heavy atom. The molecule has 2 unspecified atom stereocenters. The molecule has 2 nitrogen and oxygen atoms in total. The predicted molar refractivity (Wildman–Crippen MR) is 73.2 cm³/mol. The number of hydrogen-bond acceptors (Lipinski definition) is 2. The molecule has 1 aromatic carbocycles. The minimum absolute atomic E-state index is 0.0765. The van der Waals surface area contributed by atoms with Crippen LogP contribution in [0.25, 0.3) is 0 Å². The van der Waals surface area contributed by atoms with E-state index in [1.54, 1.807) is 0 Å². The van der Waals surface area contributed by atoms with Gasteiger partial charge in [0.1, 0.15) is 0 Å². The lowest BCUT2D eigenvalue weighted by Gasteiger charge is -2.35. The molecule has 0 aliphatic rings. The Hall–Kier alpha value is -0.860. The van der Waals surface area contributed by atoms with Crippen molar-refractivity contribution in [3.05, 3.63) is 34.9 Å². The van der Waals surface area contributed by atoms with E-state index in [2.05, 4.69) is 45.9 Å². The van der Waals surface area contributed by atoms with Crippen molar-refractivity contribution in [1.82, 2.24) is 0 Å². The van der Waals surface area contributed by atoms with Crippen LogP contribution in [-0.4, -0.2) is 12.2 Å². The van der Waals surface area contributed by atoms with Crippen LogP contribution in [0.1, 0.15) is 49.9 Å². The van der Waals surface area contributed by atoms with Crippen molar-refractivity contribution in [2.24, 2.45) is 5.73 Å². The number of nitrogens with two attached hydrogens (primary N) is 1. The van der Waals surface area contributed by atoms with Crippen LogP contribution >= 0.6 is 0 Å². The molecule has 0 aliphatic heterocycles. The van der Waals surface area contributed by atoms with Gasteiger partial charge in [0.05, 0.1) is 11.6 Å². The van der Waals surface area contributed by atoms with E-state index in [0.29, 0.717) is 6.61 Å². The number of benzene rings is 1. The van der Waals surface area contributed by atoms with Gasteiger partial charge in [-0.15, -0.1) is 0 Å². The molecule has 0 spiro atoms. The van der Waals surface area contributed by atoms with Crippen LogP contribution in [0.5, 0.6) is 0 Å². The summed E-state index contributed by atoms with van der Waals surface area (Å²) in [5.74, 6) is 0. The Balaban J connectivity index is 3.10. The third-order valence-corrected chi connectivity index (χ3v) is 3.82. The molecule has 0 bridgehead atoms. The average molecular weight is 235 g/mol. The fraction of sp³-hybridized carbons (Fsp3) is 0.600. The van der Waals surface area contributed by atoms with Gasteiger partial charge in [-0.2, -0.15) is 0 Å². The zero-order valence-corrected chi connectivity index (χ0v) is 11.7. The van der Waals surface area contributed by atoms with E-state index in [1.165, 1.54) is 16.7 Å². The van der Waals surface area contributed by atoms with Crippen molar-refractivity contribution >= 4 is 0 Å². The van der Waals surface area contributed by atoms with Crippen LogP contribution in [0.2, 0.25) is 0 Å². The molecule has 96 valence electrons. The van der Waals surface area contributed by atoms with E-state index in [-0.39, 0.29) is 11.6 Å². The maximum Gasteiger partial charge on any atom is 0.0843 e. The first-order valence-corrected chi connectivity index (χ1v) is 6.42. The van der Waals surface area contributed by atoms with Crippen molar-refractivity contribution in [2.75, 3.05) is 6.61 Å². The summed E-state index contributed by atoms with van der Waals surface area (Å²) in [4.78, 5) is 0. The molecular weight excluding hydrogens is 210 g/mol. The molecular formula is C15H25NO. The summed E-state index contributed by atoms with van der Waals surface area (Å²) in [6, 6.07) is 6.22. The maximum atomic E-state index is 6.41. The molecule has 2 heteroatoms. The van der Waals surface area contributed by atoms with Gasteiger partial charge in [0.25, 0.3) is 0 Å². The second-order valence-corrected chi connectivity index (χ2v) is 4.87. The molecule has 17 heavy (non-hydrogen) atoms. The number of rotatable bonds is 5. The second-order valence-electron chi connectivity index (χ2n) is 4.87. The third kappa shape index (κ3) is 2.88. The largest absolute Gasteiger partial charge is 0.374 e. The highest BCUT2D eigenvalue weighted by atomic mass is 16.5. The number of ether oxygens (including phenoxy) is 1. The van der Waals surface area contributed by atoms with Gasteiger partial charge in [-0.05, 0) is 50.8 Å². The lowest BCUT2D eigenvalue weighted by atomic mass is 9.85. The van der Waals surface area contributed by atoms with Crippen LogP contribution in [0.4, 0.5) is 0 Å². The van der Waals surface area contributed by atoms with Crippen molar-refractivity contribution in [1.29, 1.82) is 0 Å². The first kappa shape index (κ1) is 14.2. The zero-order valence-electron chi connectivity index (χ0n) is 11.7. The summed E-state index contributed by atoms with van der Waals surface area (Å²) in [6.07, 6.45) is 0.912. The zero-order chi connectivity index (χ0) is 13.1. The van der Waals surface area contributed by atoms with Crippen molar-refractivity contribution < 1.29 is 4.74 Å². The highest BCUT2D eigenvalue weighted by molar-refractivity contribution is 5.36. The minimum atomic E-state index is -0.284. The van der Waals surface area contributed by atoms with Crippen molar-refractivity contribution in [3.8, 4) is 0 Å². The van der Waals surface area contributed by atoms with E-state index in [9.17, 15) is 0 Å². The Morgan fingerprint density at radius 3 is 2.47 bits per heavy atom. The summed E-state index contributed by atoms with van der Waals surface area (Å²) in [5.41, 5.74) is 9.89. The van der Waals surface area contributed by atoms with Gasteiger partial charge < -0.3 is 10.5 Å². The molecule has 0 amide bonds. The SMILES string of the molecule is CCOC(C)(CC)C(N)c1cccc(C)c1C. The Morgan fingerprint density at radius 2 is 1.94 bits per heavy atom. The molecule has 0 fully saturated rings. The molecule has 0 saturated carbocycles. The van der Waals surface area contributed by atoms with Crippen molar-refractivity contribution in [2.45, 2.75) is 52.7 Å². The fourth-order valence-electron chi connectivity index (χ4n) is 2.18. The summed E-state index contributed by atoms with van der Waals surface area (Å²) < 4.78 is 5.86. The second kappa shape index (κ2) is 5.65. The Bertz CT molecular complexity index is 375. The van der Waals surface area contributed by atoms with Crippen LogP contribution < -0.4 is 5.73 Å². The average Bonchev–Trinajstić information content (AvgIpc) is 2.32. The summed E-state index contributed by atoms with van der Waals surface area (Å²) >= 11 is 0. The normalized spacial score (nSPS) is 16.6. The lowest BCUT2D eigenvalue weighted by Crippen LogP contribution is -2.41. The molecule has 1 aromatic rings. The van der Waals surface area contributed by atoms with Gasteiger partial charge >= 0.3 is 0 Å². The molecule has 0 aliphatic carbocycles. The highest BCUT2D eigenvalue weighted by Gasteiger charge is 2.32. The lowest BCUT2D eigenvalue weighted by molar-refractivity contribution is -0.0473. The molecule has 0 radical (unpaired) electrons. The van der Waals surface area contributed by atoms with Gasteiger partial charge in [-0.3, -0.25) is 0 Å². The summed E-state index contributed by atoms with van der Waals surface area (Å²) in [7, 11) is 0. The standard InChI is InChI=1S/C15H25NO/c1-6-15(5,17-7-2)14(16)13-10-8-9-11(3)12(13)4/h8-10,14H,6-7,16H2,1-5H3. The minimum Gasteiger partial charge on any atom is -0.374 e. The Labute approximate surface area is 105 Å². The summed E-state index contributed by atoms with van der Waals surface area (Å²) in [6.45, 7) is 11.2. The van der Waals surface area contributed by atoms with E-state index >= 15 is 0 Å². The van der Waals surface area contributed by atoms with Gasteiger partial charge in [0.15, 0.2) is 0 Å². The first-order chi connectivity index (χ1) is 7.96. The van der Waals surface area contributed by atoms with Gasteiger partial charge in [-0.1, -0.05) is 25.1 Å². The molecule has 2 N–H and O–H groups in total. The molecule has 0 saturated heterocycles. The topological polar surface area (TPSA) is 35.2 Å². The predicted octanol–water partition coefficient (Wildman–Crippen LogP) is 3.51. The van der Waals surface area contributed by atoms with Crippen molar-refractivity contribution in [3.63, 3.8) is 0 Å². The van der Waals surface area contributed by atoms with E-state index in [0.717, 1.165) is 6.42 Å². The molecule has 0 heterocycles. The maximum absolute atomic E-state index is 6.41. The van der Waals surface area contributed by atoms with Crippen LogP contribution in [0.15, 0.2) is 18.2 Å². The quantitative estimate of drug-likeness (QED) is 0.847. The van der Waals surface area contributed by atoms with Crippen LogP contribution in [-0.2, 0) is 4.74 Å². The first-order valence-electron chi connectivity index (χ1n) is 6.42. The van der Waals surface area contributed by atoms with Gasteiger partial charge in [0.2, 0.25) is 0 Å². The van der Waals surface area contributed by atoms with Gasteiger partial charge in [-0.25, -0.2) is 0 Å². The smallest absolute Gasteiger partial charge is 0.0843 e. The van der Waals surface area contributed by atoms with E-state index in [4.69, 9.17) is 10.5 Å². The molecule has 1 rings (SSSR count).